The molecule has 0 amide bonds. The SMILES string of the molecule is Cn1c(CN)nnc1C1CCCC(C(F)(F)F)C1. The smallest absolute Gasteiger partial charge is 0.324 e. The highest BCUT2D eigenvalue weighted by atomic mass is 19.4. The van der Waals surface area contributed by atoms with E-state index in [-0.39, 0.29) is 25.3 Å². The summed E-state index contributed by atoms with van der Waals surface area (Å²) < 4.78 is 39.9. The molecule has 1 aromatic rings. The highest BCUT2D eigenvalue weighted by Gasteiger charge is 2.43. The first-order valence-electron chi connectivity index (χ1n) is 6.08. The maximum absolute atomic E-state index is 12.7. The van der Waals surface area contributed by atoms with Gasteiger partial charge in [-0.3, -0.25) is 0 Å². The monoisotopic (exact) mass is 262 g/mol. The van der Waals surface area contributed by atoms with Crippen LogP contribution in [-0.2, 0) is 13.6 Å². The average Bonchev–Trinajstić information content (AvgIpc) is 2.69. The molecule has 1 aliphatic carbocycles. The Morgan fingerprint density at radius 1 is 1.33 bits per heavy atom. The fraction of sp³-hybridized carbons (Fsp3) is 0.818. The Balaban J connectivity index is 2.16. The lowest BCUT2D eigenvalue weighted by Gasteiger charge is -2.29. The van der Waals surface area contributed by atoms with Crippen molar-refractivity contribution >= 4 is 0 Å². The summed E-state index contributed by atoms with van der Waals surface area (Å²) in [4.78, 5) is 0. The molecule has 0 bridgehead atoms. The molecule has 0 saturated heterocycles. The second-order valence-corrected chi connectivity index (χ2v) is 4.84. The molecule has 1 heterocycles. The molecule has 0 aromatic carbocycles. The minimum absolute atomic E-state index is 0.111. The van der Waals surface area contributed by atoms with Gasteiger partial charge in [-0.15, -0.1) is 10.2 Å². The number of nitrogens with two attached hydrogens (primary N) is 1. The topological polar surface area (TPSA) is 56.7 Å². The summed E-state index contributed by atoms with van der Waals surface area (Å²) in [6.45, 7) is 0.249. The van der Waals surface area contributed by atoms with Gasteiger partial charge in [-0.25, -0.2) is 0 Å². The van der Waals surface area contributed by atoms with Gasteiger partial charge in [0.15, 0.2) is 0 Å². The van der Waals surface area contributed by atoms with E-state index in [0.29, 0.717) is 18.1 Å². The molecular weight excluding hydrogens is 245 g/mol. The number of nitrogens with zero attached hydrogens (tertiary/aromatic N) is 3. The summed E-state index contributed by atoms with van der Waals surface area (Å²) in [6.07, 6.45) is -2.45. The fourth-order valence-electron chi connectivity index (χ4n) is 2.63. The molecule has 2 atom stereocenters. The van der Waals surface area contributed by atoms with Gasteiger partial charge in [0.25, 0.3) is 0 Å². The van der Waals surface area contributed by atoms with Crippen molar-refractivity contribution < 1.29 is 13.2 Å². The second kappa shape index (κ2) is 4.87. The van der Waals surface area contributed by atoms with Crippen molar-refractivity contribution in [2.24, 2.45) is 18.7 Å². The predicted molar refractivity (Wildman–Crippen MR) is 59.6 cm³/mol. The van der Waals surface area contributed by atoms with E-state index < -0.39 is 12.1 Å². The molecule has 1 saturated carbocycles. The molecule has 18 heavy (non-hydrogen) atoms. The van der Waals surface area contributed by atoms with Gasteiger partial charge in [0.2, 0.25) is 0 Å². The van der Waals surface area contributed by atoms with Crippen LogP contribution in [-0.4, -0.2) is 20.9 Å². The highest BCUT2D eigenvalue weighted by molar-refractivity contribution is 5.03. The molecule has 102 valence electrons. The van der Waals surface area contributed by atoms with Crippen LogP contribution in [0.5, 0.6) is 0 Å². The quantitative estimate of drug-likeness (QED) is 0.888. The number of alkyl halides is 3. The number of rotatable bonds is 2. The van der Waals surface area contributed by atoms with Crippen LogP contribution in [0.3, 0.4) is 0 Å². The zero-order valence-corrected chi connectivity index (χ0v) is 10.2. The first-order valence-corrected chi connectivity index (χ1v) is 6.08. The van der Waals surface area contributed by atoms with E-state index in [9.17, 15) is 13.2 Å². The first-order chi connectivity index (χ1) is 8.43. The molecule has 1 aromatic heterocycles. The van der Waals surface area contributed by atoms with E-state index in [1.165, 1.54) is 0 Å². The van der Waals surface area contributed by atoms with Crippen molar-refractivity contribution in [3.05, 3.63) is 11.6 Å². The summed E-state index contributed by atoms with van der Waals surface area (Å²) >= 11 is 0. The number of aromatic nitrogens is 3. The summed E-state index contributed by atoms with van der Waals surface area (Å²) in [5.41, 5.74) is 5.49. The van der Waals surface area contributed by atoms with Crippen LogP contribution < -0.4 is 5.73 Å². The van der Waals surface area contributed by atoms with E-state index in [4.69, 9.17) is 5.73 Å². The van der Waals surface area contributed by atoms with Crippen molar-refractivity contribution in [1.29, 1.82) is 0 Å². The third kappa shape index (κ3) is 2.50. The lowest BCUT2D eigenvalue weighted by molar-refractivity contribution is -0.183. The highest BCUT2D eigenvalue weighted by Crippen LogP contribution is 2.43. The molecule has 0 radical (unpaired) electrons. The minimum Gasteiger partial charge on any atom is -0.324 e. The van der Waals surface area contributed by atoms with Gasteiger partial charge in [0.05, 0.1) is 12.5 Å². The van der Waals surface area contributed by atoms with E-state index in [2.05, 4.69) is 10.2 Å². The number of halogens is 3. The lowest BCUT2D eigenvalue weighted by atomic mass is 9.80. The van der Waals surface area contributed by atoms with E-state index in [1.54, 1.807) is 11.6 Å². The molecule has 2 N–H and O–H groups in total. The molecular formula is C11H17F3N4. The Bertz CT molecular complexity index is 413. The van der Waals surface area contributed by atoms with E-state index >= 15 is 0 Å². The Hall–Kier alpha value is -1.11. The van der Waals surface area contributed by atoms with Gasteiger partial charge >= 0.3 is 6.18 Å². The summed E-state index contributed by atoms with van der Waals surface area (Å²) in [6, 6.07) is 0. The minimum atomic E-state index is -4.10. The molecule has 0 spiro atoms. The summed E-state index contributed by atoms with van der Waals surface area (Å²) in [5, 5.41) is 7.90. The van der Waals surface area contributed by atoms with Gasteiger partial charge in [-0.2, -0.15) is 13.2 Å². The third-order valence-electron chi connectivity index (χ3n) is 3.68. The van der Waals surface area contributed by atoms with Crippen molar-refractivity contribution in [3.63, 3.8) is 0 Å². The lowest BCUT2D eigenvalue weighted by Crippen LogP contribution is -2.29. The zero-order valence-electron chi connectivity index (χ0n) is 10.2. The Morgan fingerprint density at radius 3 is 2.61 bits per heavy atom. The maximum atomic E-state index is 12.7. The Kier molecular flexibility index (Phi) is 3.61. The van der Waals surface area contributed by atoms with Crippen molar-refractivity contribution in [3.8, 4) is 0 Å². The normalized spacial score (nSPS) is 25.4. The maximum Gasteiger partial charge on any atom is 0.391 e. The van der Waals surface area contributed by atoms with Crippen LogP contribution in [0.25, 0.3) is 0 Å². The zero-order chi connectivity index (χ0) is 13.3. The van der Waals surface area contributed by atoms with Crippen molar-refractivity contribution in [2.45, 2.75) is 44.3 Å². The molecule has 2 rings (SSSR count). The third-order valence-corrected chi connectivity index (χ3v) is 3.68. The molecule has 4 nitrogen and oxygen atoms in total. The Morgan fingerprint density at radius 2 is 2.06 bits per heavy atom. The summed E-state index contributed by atoms with van der Waals surface area (Å²) in [7, 11) is 1.76. The van der Waals surface area contributed by atoms with Gasteiger partial charge < -0.3 is 10.3 Å². The van der Waals surface area contributed by atoms with Gasteiger partial charge in [-0.05, 0) is 19.3 Å². The van der Waals surface area contributed by atoms with Crippen LogP contribution in [0.2, 0.25) is 0 Å². The van der Waals surface area contributed by atoms with Crippen LogP contribution in [0.15, 0.2) is 0 Å². The van der Waals surface area contributed by atoms with Crippen molar-refractivity contribution in [1.82, 2.24) is 14.8 Å². The summed E-state index contributed by atoms with van der Waals surface area (Å²) in [5.74, 6) is -0.138. The molecule has 0 aliphatic heterocycles. The first kappa shape index (κ1) is 13.3. The fourth-order valence-corrected chi connectivity index (χ4v) is 2.63. The molecule has 1 aliphatic rings. The molecule has 7 heteroatoms. The van der Waals surface area contributed by atoms with Crippen molar-refractivity contribution in [2.75, 3.05) is 0 Å². The second-order valence-electron chi connectivity index (χ2n) is 4.84. The Labute approximate surface area is 103 Å². The van der Waals surface area contributed by atoms with Gasteiger partial charge in [-0.1, -0.05) is 6.42 Å². The van der Waals surface area contributed by atoms with Gasteiger partial charge in [0.1, 0.15) is 11.6 Å². The standard InChI is InChI=1S/C11H17F3N4/c1-18-9(6-15)16-17-10(18)7-3-2-4-8(5-7)11(12,13)14/h7-8H,2-6,15H2,1H3. The number of hydrogen-bond donors (Lipinski definition) is 1. The number of hydrogen-bond acceptors (Lipinski definition) is 3. The van der Waals surface area contributed by atoms with Crippen LogP contribution >= 0.6 is 0 Å². The van der Waals surface area contributed by atoms with E-state index in [1.807, 2.05) is 0 Å². The largest absolute Gasteiger partial charge is 0.391 e. The van der Waals surface area contributed by atoms with Crippen LogP contribution in [0.1, 0.15) is 43.3 Å². The van der Waals surface area contributed by atoms with Crippen LogP contribution in [0, 0.1) is 5.92 Å². The van der Waals surface area contributed by atoms with Crippen LogP contribution in [0.4, 0.5) is 13.2 Å². The predicted octanol–water partition coefficient (Wildman–Crippen LogP) is 2.11. The van der Waals surface area contributed by atoms with E-state index in [0.717, 1.165) is 6.42 Å². The van der Waals surface area contributed by atoms with Gasteiger partial charge in [0, 0.05) is 13.0 Å². The molecule has 2 unspecified atom stereocenters. The molecule has 1 fully saturated rings. The average molecular weight is 262 g/mol.